The number of hydrogen-bond donors (Lipinski definition) is 0. The maximum atomic E-state index is 2.33. The van der Waals surface area contributed by atoms with Crippen molar-refractivity contribution in [3.8, 4) is 0 Å². The van der Waals surface area contributed by atoms with Crippen molar-refractivity contribution in [3.63, 3.8) is 0 Å². The van der Waals surface area contributed by atoms with Gasteiger partial charge in [0.05, 0.1) is 12.1 Å². The summed E-state index contributed by atoms with van der Waals surface area (Å²) in [6.07, 6.45) is 4.18. The van der Waals surface area contributed by atoms with E-state index in [9.17, 15) is 0 Å². The molecule has 1 radical (unpaired) electrons. The van der Waals surface area contributed by atoms with E-state index >= 15 is 0 Å². The first kappa shape index (κ1) is 6.02. The second-order valence-corrected chi connectivity index (χ2v) is 2.99. The fourth-order valence-corrected chi connectivity index (χ4v) is 1.32. The highest BCUT2D eigenvalue weighted by atomic mass is 15.4. The van der Waals surface area contributed by atoms with Crippen LogP contribution in [0, 0.1) is 0 Å². The van der Waals surface area contributed by atoms with E-state index in [0.29, 0.717) is 5.94 Å². The Morgan fingerprint density at radius 2 is 2.30 bits per heavy atom. The smallest absolute Gasteiger partial charge is 0.167 e. The molecule has 0 bridgehead atoms. The van der Waals surface area contributed by atoms with Crippen LogP contribution in [0.3, 0.4) is 0 Å². The summed E-state index contributed by atoms with van der Waals surface area (Å²) in [6, 6.07) is 2.07. The Hall–Kier alpha value is -0.725. The van der Waals surface area contributed by atoms with Crippen molar-refractivity contribution < 1.29 is 4.68 Å². The van der Waals surface area contributed by atoms with Gasteiger partial charge in [-0.1, -0.05) is 12.7 Å². The molecule has 0 aliphatic carbocycles. The third-order valence-electron chi connectivity index (χ3n) is 2.11. The molecular weight excluding hydrogens is 123 g/mol. The summed E-state index contributed by atoms with van der Waals surface area (Å²) in [7, 11) is 4.40. The standard InChI is InChI=1S/C7H11BN2/c1-6-7(8-6)10-5-3-4-9(10)2/h3-7H,1-2H3/q+1/t6-,7?/m0/s1. The van der Waals surface area contributed by atoms with Gasteiger partial charge in [0.15, 0.2) is 20.5 Å². The highest BCUT2D eigenvalue weighted by molar-refractivity contribution is 6.52. The molecule has 0 saturated carbocycles. The maximum absolute atomic E-state index is 2.33. The Kier molecular flexibility index (Phi) is 1.13. The van der Waals surface area contributed by atoms with Crippen LogP contribution < -0.4 is 4.68 Å². The molecule has 10 heavy (non-hydrogen) atoms. The lowest BCUT2D eigenvalue weighted by Crippen LogP contribution is -2.37. The van der Waals surface area contributed by atoms with E-state index in [4.69, 9.17) is 0 Å². The summed E-state index contributed by atoms with van der Waals surface area (Å²) >= 11 is 0. The number of hydrogen-bond acceptors (Lipinski definition) is 0. The fraction of sp³-hybridized carbons (Fsp3) is 0.571. The van der Waals surface area contributed by atoms with E-state index in [-0.39, 0.29) is 0 Å². The summed E-state index contributed by atoms with van der Waals surface area (Å²) in [5.41, 5.74) is 0. The molecule has 0 N–H and O–H groups in total. The average Bonchev–Trinajstić information content (AvgIpc) is 2.42. The third kappa shape index (κ3) is 0.771. The topological polar surface area (TPSA) is 8.81 Å². The number of rotatable bonds is 1. The van der Waals surface area contributed by atoms with Gasteiger partial charge in [-0.3, -0.25) is 0 Å². The van der Waals surface area contributed by atoms with Crippen LogP contribution in [-0.2, 0) is 7.05 Å². The molecule has 2 atom stereocenters. The number of aromatic nitrogens is 2. The van der Waals surface area contributed by atoms with Crippen molar-refractivity contribution in [2.24, 2.45) is 7.05 Å². The van der Waals surface area contributed by atoms with Crippen molar-refractivity contribution in [2.75, 3.05) is 0 Å². The summed E-state index contributed by atoms with van der Waals surface area (Å²) in [6.45, 7) is 2.24. The molecule has 0 aromatic carbocycles. The number of aryl methyl sites for hydroxylation is 1. The van der Waals surface area contributed by atoms with Crippen LogP contribution >= 0.6 is 0 Å². The zero-order valence-corrected chi connectivity index (χ0v) is 6.36. The van der Waals surface area contributed by atoms with Gasteiger partial charge in [0.25, 0.3) is 0 Å². The zero-order chi connectivity index (χ0) is 7.14. The highest BCUT2D eigenvalue weighted by Gasteiger charge is 2.39. The fourth-order valence-electron chi connectivity index (χ4n) is 1.32. The first-order chi connectivity index (χ1) is 4.79. The quantitative estimate of drug-likeness (QED) is 0.386. The average molecular weight is 134 g/mol. The third-order valence-corrected chi connectivity index (χ3v) is 2.11. The second-order valence-electron chi connectivity index (χ2n) is 2.99. The summed E-state index contributed by atoms with van der Waals surface area (Å²) < 4.78 is 4.36. The minimum Gasteiger partial charge on any atom is -0.167 e. The van der Waals surface area contributed by atoms with Crippen molar-refractivity contribution in [3.05, 3.63) is 18.5 Å². The van der Waals surface area contributed by atoms with Crippen molar-refractivity contribution in [2.45, 2.75) is 18.7 Å². The Morgan fingerprint density at radius 3 is 2.70 bits per heavy atom. The van der Waals surface area contributed by atoms with Gasteiger partial charge in [-0.15, -0.1) is 4.68 Å². The van der Waals surface area contributed by atoms with Gasteiger partial charge in [0, 0.05) is 6.07 Å². The molecule has 2 nitrogen and oxygen atoms in total. The second kappa shape index (κ2) is 1.88. The SMILES string of the molecule is C[C@@H]1[B]C1n1ccc[n+]1C. The van der Waals surface area contributed by atoms with Crippen LogP contribution in [-0.4, -0.2) is 12.0 Å². The monoisotopic (exact) mass is 134 g/mol. The Balaban J connectivity index is 2.26. The van der Waals surface area contributed by atoms with Crippen molar-refractivity contribution >= 4 is 7.28 Å². The van der Waals surface area contributed by atoms with E-state index < -0.39 is 0 Å². The first-order valence-corrected chi connectivity index (χ1v) is 3.67. The summed E-state index contributed by atoms with van der Waals surface area (Å²) in [4.78, 5) is 0. The van der Waals surface area contributed by atoms with Crippen LogP contribution in [0.15, 0.2) is 18.5 Å². The lowest BCUT2D eigenvalue weighted by Gasteiger charge is -1.95. The zero-order valence-electron chi connectivity index (χ0n) is 6.36. The molecule has 0 amide bonds. The molecule has 0 spiro atoms. The molecule has 1 saturated heterocycles. The molecule has 1 fully saturated rings. The molecule has 2 rings (SSSR count). The Bertz CT molecular complexity index is 244. The summed E-state index contributed by atoms with van der Waals surface area (Å²) in [5.74, 6) is 1.42. The van der Waals surface area contributed by atoms with Crippen molar-refractivity contribution in [1.82, 2.24) is 4.68 Å². The Labute approximate surface area is 61.7 Å². The minimum atomic E-state index is 0.653. The summed E-state index contributed by atoms with van der Waals surface area (Å²) in [5, 5.41) is 0. The maximum Gasteiger partial charge on any atom is 0.195 e. The molecular formula is C7H11BN2+. The van der Waals surface area contributed by atoms with E-state index in [1.54, 1.807) is 0 Å². The van der Waals surface area contributed by atoms with E-state index in [1.165, 1.54) is 0 Å². The Morgan fingerprint density at radius 1 is 1.60 bits per heavy atom. The first-order valence-electron chi connectivity index (χ1n) is 3.67. The molecule has 1 unspecified atom stereocenters. The van der Waals surface area contributed by atoms with E-state index in [1.807, 2.05) is 0 Å². The molecule has 2 heterocycles. The predicted octanol–water partition coefficient (Wildman–Crippen LogP) is 0.337. The molecule has 1 aliphatic heterocycles. The predicted molar refractivity (Wildman–Crippen MR) is 39.8 cm³/mol. The van der Waals surface area contributed by atoms with Gasteiger partial charge >= 0.3 is 0 Å². The minimum absolute atomic E-state index is 0.653. The van der Waals surface area contributed by atoms with Gasteiger partial charge in [-0.05, 0) is 0 Å². The van der Waals surface area contributed by atoms with Gasteiger partial charge in [0.2, 0.25) is 0 Å². The van der Waals surface area contributed by atoms with E-state index in [2.05, 4.69) is 49.1 Å². The van der Waals surface area contributed by atoms with Crippen LogP contribution in [0.2, 0.25) is 5.82 Å². The van der Waals surface area contributed by atoms with Crippen LogP contribution in [0.1, 0.15) is 12.9 Å². The molecule has 51 valence electrons. The largest absolute Gasteiger partial charge is 0.195 e. The van der Waals surface area contributed by atoms with Gasteiger partial charge in [0.1, 0.15) is 0 Å². The van der Waals surface area contributed by atoms with Crippen LogP contribution in [0.4, 0.5) is 0 Å². The van der Waals surface area contributed by atoms with Crippen molar-refractivity contribution in [1.29, 1.82) is 0 Å². The van der Waals surface area contributed by atoms with Gasteiger partial charge in [-0.2, -0.15) is 4.68 Å². The van der Waals surface area contributed by atoms with Crippen LogP contribution in [0.25, 0.3) is 0 Å². The normalized spacial score (nSPS) is 29.8. The van der Waals surface area contributed by atoms with E-state index in [0.717, 1.165) is 5.82 Å². The van der Waals surface area contributed by atoms with Gasteiger partial charge < -0.3 is 0 Å². The molecule has 1 aromatic heterocycles. The number of nitrogens with zero attached hydrogens (tertiary/aromatic N) is 2. The highest BCUT2D eigenvalue weighted by Crippen LogP contribution is 2.37. The lowest BCUT2D eigenvalue weighted by atomic mass is 10.0. The van der Waals surface area contributed by atoms with Gasteiger partial charge in [-0.25, -0.2) is 0 Å². The molecule has 1 aromatic rings. The molecule has 3 heteroatoms. The lowest BCUT2D eigenvalue weighted by molar-refractivity contribution is -0.753. The van der Waals surface area contributed by atoms with Crippen LogP contribution in [0.5, 0.6) is 0 Å². The molecule has 1 aliphatic rings.